The summed E-state index contributed by atoms with van der Waals surface area (Å²) in [6, 6.07) is 0. The minimum absolute atomic E-state index is 0. The molecular weight excluding hydrogens is 164 g/mol. The number of hydrogen-bond acceptors (Lipinski definition) is 0. The molecule has 0 heterocycles. The summed E-state index contributed by atoms with van der Waals surface area (Å²) in [7, 11) is 0. The number of hydrogen-bond donors (Lipinski definition) is 0. The maximum Gasteiger partial charge on any atom is 4.00 e. The topological polar surface area (TPSA) is 0 Å². The van der Waals surface area contributed by atoms with E-state index in [1.54, 1.807) is 0 Å². The van der Waals surface area contributed by atoms with Crippen molar-refractivity contribution in [2.45, 2.75) is 0 Å². The summed E-state index contributed by atoms with van der Waals surface area (Å²) < 4.78 is 0. The summed E-state index contributed by atoms with van der Waals surface area (Å²) in [5, 5.41) is 0. The van der Waals surface area contributed by atoms with Gasteiger partial charge in [0.25, 0.3) is 0 Å². The number of halogens is 8. The largest absolute Gasteiger partial charge is 4.00 e. The third-order valence-electron chi connectivity index (χ3n) is 0. The quantitative estimate of drug-likeness (QED) is 0.315. The van der Waals surface area contributed by atoms with E-state index in [2.05, 4.69) is 0 Å². The molecule has 0 aliphatic heterocycles. The predicted octanol–water partition coefficient (Wildman–Crippen LogP) is -11.3. The zero-order chi connectivity index (χ0) is 0. The molecule has 0 aromatic carbocycles. The van der Waals surface area contributed by atoms with Gasteiger partial charge in [-0.3, -0.25) is 18.8 Å². The van der Waals surface area contributed by atoms with Crippen LogP contribution in [0.2, 0.25) is 0 Å². The smallest absolute Gasteiger partial charge is 1.00 e. The van der Waals surface area contributed by atoms with Crippen molar-refractivity contribution in [3.63, 3.8) is 0 Å². The summed E-state index contributed by atoms with van der Waals surface area (Å²) in [6.07, 6.45) is 0. The molecule has 0 rings (SSSR count). The number of rotatable bonds is 0. The fourth-order valence-electron chi connectivity index (χ4n) is 0. The fraction of sp³-hybridized carbons (Fsp3) is 0. The third-order valence-corrected chi connectivity index (χ3v) is 0. The van der Waals surface area contributed by atoms with Gasteiger partial charge in [0.1, 0.15) is 0 Å². The van der Waals surface area contributed by atoms with Crippen molar-refractivity contribution in [1.29, 1.82) is 0 Å². The average molecular weight is 168 g/mol. The molecule has 64 valence electrons. The molecule has 0 amide bonds. The minimum atomic E-state index is 0. The SMILES string of the molecule is F.F.F.F.[C+4].[F-].[F-].[F-].[F-]. The summed E-state index contributed by atoms with van der Waals surface area (Å²) in [4.78, 5) is 0. The van der Waals surface area contributed by atoms with E-state index >= 15 is 0 Å². The zero-order valence-electron chi connectivity index (χ0n) is 3.64. The Labute approximate surface area is 46.6 Å². The van der Waals surface area contributed by atoms with E-state index in [-0.39, 0.29) is 45.1 Å². The maximum atomic E-state index is 0. The van der Waals surface area contributed by atoms with Gasteiger partial charge in [0.2, 0.25) is 0 Å². The van der Waals surface area contributed by atoms with E-state index in [0.717, 1.165) is 0 Å². The van der Waals surface area contributed by atoms with Crippen LogP contribution in [0.4, 0.5) is 18.8 Å². The Morgan fingerprint density at radius 3 is 0.333 bits per heavy atom. The molecule has 0 saturated heterocycles. The first-order chi connectivity index (χ1) is 0. The summed E-state index contributed by atoms with van der Waals surface area (Å²) in [5.74, 6) is 0. The van der Waals surface area contributed by atoms with E-state index in [0.29, 0.717) is 0 Å². The summed E-state index contributed by atoms with van der Waals surface area (Å²) >= 11 is 0. The first-order valence-electron chi connectivity index (χ1n) is 0. The Hall–Kier alpha value is -0.560. The molecule has 0 radical (unpaired) electrons. The Balaban J connectivity index is 0. The van der Waals surface area contributed by atoms with Gasteiger partial charge in [-0.15, -0.1) is 0 Å². The van der Waals surface area contributed by atoms with Crippen LogP contribution in [0, 0.1) is 7.43 Å². The molecule has 0 saturated carbocycles. The van der Waals surface area contributed by atoms with Gasteiger partial charge in [-0.05, 0) is 0 Å². The summed E-state index contributed by atoms with van der Waals surface area (Å²) in [5.41, 5.74) is 0. The van der Waals surface area contributed by atoms with Crippen molar-refractivity contribution in [2.24, 2.45) is 0 Å². The first-order valence-corrected chi connectivity index (χ1v) is 0. The van der Waals surface area contributed by atoms with Gasteiger partial charge in [-0.1, -0.05) is 0 Å². The van der Waals surface area contributed by atoms with Gasteiger partial charge >= 0.3 is 7.43 Å². The van der Waals surface area contributed by atoms with Gasteiger partial charge in [0.15, 0.2) is 0 Å². The molecule has 0 atom stereocenters. The van der Waals surface area contributed by atoms with Gasteiger partial charge in [-0.25, -0.2) is 0 Å². The standard InChI is InChI=1S/C.8FH/h;8*1H/q+4;;;;;;;;/p-4. The maximum absolute atomic E-state index is 0. The second-order valence-electron chi connectivity index (χ2n) is 0. The molecule has 0 aromatic heterocycles. The third kappa shape index (κ3) is 702. The normalized spacial score (nSPS) is 0. The van der Waals surface area contributed by atoms with Crippen LogP contribution >= 0.6 is 0 Å². The molecule has 0 aromatic rings. The van der Waals surface area contributed by atoms with E-state index in [1.807, 2.05) is 0 Å². The Bertz CT molecular complexity index is 4.53. The Morgan fingerprint density at radius 1 is 0.333 bits per heavy atom. The van der Waals surface area contributed by atoms with Crippen molar-refractivity contribution in [3.05, 3.63) is 7.43 Å². The predicted molar refractivity (Wildman–Crippen MR) is 13.3 cm³/mol. The van der Waals surface area contributed by atoms with Crippen molar-refractivity contribution in [2.75, 3.05) is 0 Å². The van der Waals surface area contributed by atoms with Crippen molar-refractivity contribution < 1.29 is 37.6 Å². The molecule has 8 heteroatoms. The van der Waals surface area contributed by atoms with Crippen LogP contribution in [0.1, 0.15) is 0 Å². The van der Waals surface area contributed by atoms with E-state index in [9.17, 15) is 0 Å². The zero-order valence-corrected chi connectivity index (χ0v) is 3.64. The van der Waals surface area contributed by atoms with Crippen LogP contribution < -0.4 is 18.8 Å². The fourth-order valence-corrected chi connectivity index (χ4v) is 0. The van der Waals surface area contributed by atoms with Crippen LogP contribution in [0.3, 0.4) is 0 Å². The Morgan fingerprint density at radius 2 is 0.333 bits per heavy atom. The van der Waals surface area contributed by atoms with Crippen LogP contribution in [0.25, 0.3) is 0 Å². The monoisotopic (exact) mass is 168 g/mol. The van der Waals surface area contributed by atoms with Crippen LogP contribution in [0.5, 0.6) is 0 Å². The molecule has 9 heavy (non-hydrogen) atoms. The average Bonchev–Trinajstić information content (AvgIpc) is 0. The van der Waals surface area contributed by atoms with E-state index in [1.165, 1.54) is 0 Å². The van der Waals surface area contributed by atoms with Gasteiger partial charge < -0.3 is 18.8 Å². The molecule has 0 bridgehead atoms. The van der Waals surface area contributed by atoms with Crippen LogP contribution in [0.15, 0.2) is 0 Å². The molecule has 0 aliphatic rings. The van der Waals surface area contributed by atoms with Crippen LogP contribution in [-0.2, 0) is 0 Å². The minimum Gasteiger partial charge on any atom is -1.00 e. The van der Waals surface area contributed by atoms with Crippen molar-refractivity contribution in [3.8, 4) is 0 Å². The van der Waals surface area contributed by atoms with Crippen molar-refractivity contribution in [1.82, 2.24) is 0 Å². The van der Waals surface area contributed by atoms with Gasteiger partial charge in [-0.2, -0.15) is 0 Å². The van der Waals surface area contributed by atoms with E-state index in [4.69, 9.17) is 0 Å². The Kier molecular flexibility index (Phi) is 163000. The molecule has 0 unspecified atom stereocenters. The molecule has 0 fully saturated rings. The molecular formula is CH4F8. The molecule has 0 N–H and O–H groups in total. The molecule has 0 spiro atoms. The summed E-state index contributed by atoms with van der Waals surface area (Å²) in [6.45, 7) is 0. The second-order valence-corrected chi connectivity index (χ2v) is 0. The van der Waals surface area contributed by atoms with Gasteiger partial charge in [0.05, 0.1) is 0 Å². The van der Waals surface area contributed by atoms with E-state index < -0.39 is 0 Å². The molecule has 0 aliphatic carbocycles. The van der Waals surface area contributed by atoms with Gasteiger partial charge in [0, 0.05) is 0 Å². The van der Waals surface area contributed by atoms with Crippen LogP contribution in [-0.4, -0.2) is 0 Å². The first kappa shape index (κ1) is 1490. The second kappa shape index (κ2) is 984. The van der Waals surface area contributed by atoms with Crippen molar-refractivity contribution >= 4 is 0 Å². The molecule has 0 nitrogen and oxygen atoms in total.